The van der Waals surface area contributed by atoms with E-state index in [1.54, 1.807) is 6.08 Å². The van der Waals surface area contributed by atoms with Crippen molar-refractivity contribution in [3.63, 3.8) is 0 Å². The standard InChI is InChI=1S/C15H18O2/c1-4-14-15(16-10-12(3)17-14)9-13-8-6-5-7-11(13)2/h4-9,11-12H,1,10H2,2-3H3/b13-9-/t11-,12?/m0/s1. The fourth-order valence-corrected chi connectivity index (χ4v) is 1.84. The van der Waals surface area contributed by atoms with Crippen molar-refractivity contribution in [3.05, 3.63) is 60.1 Å². The normalized spacial score (nSPS) is 30.1. The Morgan fingerprint density at radius 2 is 2.12 bits per heavy atom. The van der Waals surface area contributed by atoms with Crippen LogP contribution in [0.3, 0.4) is 0 Å². The summed E-state index contributed by atoms with van der Waals surface area (Å²) in [5.41, 5.74) is 1.22. The van der Waals surface area contributed by atoms with Gasteiger partial charge in [-0.3, -0.25) is 0 Å². The SMILES string of the molecule is C=CC1=C(/C=C2/C=CC=C[C@@H]2C)OCC(C)O1. The first-order chi connectivity index (χ1) is 8.20. The Kier molecular flexibility index (Phi) is 3.52. The van der Waals surface area contributed by atoms with Gasteiger partial charge in [0.15, 0.2) is 11.5 Å². The molecule has 0 amide bonds. The van der Waals surface area contributed by atoms with Crippen molar-refractivity contribution >= 4 is 0 Å². The highest BCUT2D eigenvalue weighted by molar-refractivity contribution is 5.38. The van der Waals surface area contributed by atoms with Crippen LogP contribution < -0.4 is 0 Å². The minimum absolute atomic E-state index is 0.0874. The molecule has 2 atom stereocenters. The summed E-state index contributed by atoms with van der Waals surface area (Å²) in [5.74, 6) is 1.91. The maximum Gasteiger partial charge on any atom is 0.161 e. The van der Waals surface area contributed by atoms with Crippen molar-refractivity contribution in [2.24, 2.45) is 5.92 Å². The van der Waals surface area contributed by atoms with E-state index in [-0.39, 0.29) is 6.10 Å². The minimum Gasteiger partial charge on any atom is -0.486 e. The average Bonchev–Trinajstić information content (AvgIpc) is 2.34. The number of hydrogen-bond acceptors (Lipinski definition) is 2. The van der Waals surface area contributed by atoms with Gasteiger partial charge in [-0.25, -0.2) is 0 Å². The highest BCUT2D eigenvalue weighted by Crippen LogP contribution is 2.25. The second-order valence-electron chi connectivity index (χ2n) is 4.35. The number of hydrogen-bond donors (Lipinski definition) is 0. The highest BCUT2D eigenvalue weighted by Gasteiger charge is 2.18. The van der Waals surface area contributed by atoms with Crippen LogP contribution in [-0.2, 0) is 9.47 Å². The lowest BCUT2D eigenvalue weighted by Crippen LogP contribution is -2.21. The molecule has 0 saturated carbocycles. The van der Waals surface area contributed by atoms with Gasteiger partial charge in [0.25, 0.3) is 0 Å². The molecule has 2 aliphatic rings. The minimum atomic E-state index is 0.0874. The van der Waals surface area contributed by atoms with Crippen molar-refractivity contribution < 1.29 is 9.47 Å². The van der Waals surface area contributed by atoms with Crippen LogP contribution in [0.4, 0.5) is 0 Å². The third-order valence-corrected chi connectivity index (χ3v) is 2.85. The molecule has 1 aliphatic carbocycles. The summed E-state index contributed by atoms with van der Waals surface area (Å²) in [6.45, 7) is 8.49. The molecule has 0 aromatic heterocycles. The van der Waals surface area contributed by atoms with Gasteiger partial charge in [-0.05, 0) is 30.6 Å². The largest absolute Gasteiger partial charge is 0.486 e. The molecular weight excluding hydrogens is 212 g/mol. The van der Waals surface area contributed by atoms with Crippen LogP contribution in [0.2, 0.25) is 0 Å². The summed E-state index contributed by atoms with van der Waals surface area (Å²) < 4.78 is 11.4. The first kappa shape index (κ1) is 11.8. The first-order valence-corrected chi connectivity index (χ1v) is 5.93. The Labute approximate surface area is 103 Å². The molecule has 0 aromatic rings. The molecule has 0 N–H and O–H groups in total. The third kappa shape index (κ3) is 2.70. The van der Waals surface area contributed by atoms with Gasteiger partial charge in [0.1, 0.15) is 12.7 Å². The lowest BCUT2D eigenvalue weighted by molar-refractivity contribution is 0.0187. The summed E-state index contributed by atoms with van der Waals surface area (Å²) in [5, 5.41) is 0. The van der Waals surface area contributed by atoms with E-state index in [4.69, 9.17) is 9.47 Å². The summed E-state index contributed by atoms with van der Waals surface area (Å²) in [6.07, 6.45) is 12.2. The van der Waals surface area contributed by atoms with Crippen molar-refractivity contribution in [2.75, 3.05) is 6.61 Å². The highest BCUT2D eigenvalue weighted by atomic mass is 16.6. The monoisotopic (exact) mass is 230 g/mol. The molecule has 17 heavy (non-hydrogen) atoms. The van der Waals surface area contributed by atoms with Gasteiger partial charge in [0.2, 0.25) is 0 Å². The van der Waals surface area contributed by atoms with Crippen molar-refractivity contribution in [1.82, 2.24) is 0 Å². The molecule has 2 rings (SSSR count). The molecular formula is C15H18O2. The second kappa shape index (κ2) is 5.09. The topological polar surface area (TPSA) is 18.5 Å². The Balaban J connectivity index is 2.27. The second-order valence-corrected chi connectivity index (χ2v) is 4.35. The van der Waals surface area contributed by atoms with Crippen molar-refractivity contribution in [2.45, 2.75) is 20.0 Å². The zero-order chi connectivity index (χ0) is 12.3. The Bertz CT molecular complexity index is 424. The maximum atomic E-state index is 5.69. The van der Waals surface area contributed by atoms with Crippen LogP contribution >= 0.6 is 0 Å². The van der Waals surface area contributed by atoms with Gasteiger partial charge in [-0.2, -0.15) is 0 Å². The molecule has 0 fully saturated rings. The molecule has 0 saturated heterocycles. The average molecular weight is 230 g/mol. The van der Waals surface area contributed by atoms with Crippen LogP contribution in [0.1, 0.15) is 13.8 Å². The summed E-state index contributed by atoms with van der Waals surface area (Å²) in [7, 11) is 0. The maximum absolute atomic E-state index is 5.69. The predicted molar refractivity (Wildman–Crippen MR) is 69.2 cm³/mol. The van der Waals surface area contributed by atoms with E-state index in [9.17, 15) is 0 Å². The summed E-state index contributed by atoms with van der Waals surface area (Å²) in [6, 6.07) is 0. The fraction of sp³-hybridized carbons (Fsp3) is 0.333. The van der Waals surface area contributed by atoms with E-state index < -0.39 is 0 Å². The van der Waals surface area contributed by atoms with Gasteiger partial charge in [0.05, 0.1) is 0 Å². The lowest BCUT2D eigenvalue weighted by Gasteiger charge is -2.24. The zero-order valence-corrected chi connectivity index (χ0v) is 10.3. The van der Waals surface area contributed by atoms with E-state index in [0.29, 0.717) is 12.5 Å². The molecule has 0 radical (unpaired) electrons. The van der Waals surface area contributed by atoms with Crippen LogP contribution in [0.15, 0.2) is 60.1 Å². The molecule has 1 aliphatic heterocycles. The van der Waals surface area contributed by atoms with Crippen molar-refractivity contribution in [3.8, 4) is 0 Å². The lowest BCUT2D eigenvalue weighted by atomic mass is 9.95. The first-order valence-electron chi connectivity index (χ1n) is 5.93. The smallest absolute Gasteiger partial charge is 0.161 e. The third-order valence-electron chi connectivity index (χ3n) is 2.85. The molecule has 0 bridgehead atoms. The van der Waals surface area contributed by atoms with Gasteiger partial charge < -0.3 is 9.47 Å². The Morgan fingerprint density at radius 1 is 1.29 bits per heavy atom. The predicted octanol–water partition coefficient (Wildman–Crippen LogP) is 3.51. The fourth-order valence-electron chi connectivity index (χ4n) is 1.84. The van der Waals surface area contributed by atoms with E-state index >= 15 is 0 Å². The van der Waals surface area contributed by atoms with Gasteiger partial charge in [-0.15, -0.1) is 0 Å². The van der Waals surface area contributed by atoms with Crippen molar-refractivity contribution in [1.29, 1.82) is 0 Å². The summed E-state index contributed by atoms with van der Waals surface area (Å²) >= 11 is 0. The molecule has 0 spiro atoms. The number of rotatable bonds is 2. The van der Waals surface area contributed by atoms with Crippen LogP contribution in [-0.4, -0.2) is 12.7 Å². The molecule has 1 unspecified atom stereocenters. The van der Waals surface area contributed by atoms with Crippen LogP contribution in [0.25, 0.3) is 0 Å². The van der Waals surface area contributed by atoms with Crippen LogP contribution in [0.5, 0.6) is 0 Å². The molecule has 1 heterocycles. The van der Waals surface area contributed by atoms with Gasteiger partial charge in [-0.1, -0.05) is 37.8 Å². The molecule has 90 valence electrons. The molecule has 2 heteroatoms. The van der Waals surface area contributed by atoms with E-state index in [1.165, 1.54) is 5.57 Å². The number of allylic oxidation sites excluding steroid dienone is 7. The number of ether oxygens (including phenoxy) is 2. The molecule has 2 nitrogen and oxygen atoms in total. The van der Waals surface area contributed by atoms with E-state index in [2.05, 4.69) is 31.7 Å². The van der Waals surface area contributed by atoms with E-state index in [1.807, 2.05) is 19.1 Å². The molecule has 0 aromatic carbocycles. The Morgan fingerprint density at radius 3 is 2.82 bits per heavy atom. The van der Waals surface area contributed by atoms with Gasteiger partial charge >= 0.3 is 0 Å². The summed E-state index contributed by atoms with van der Waals surface area (Å²) in [4.78, 5) is 0. The van der Waals surface area contributed by atoms with Crippen LogP contribution in [0, 0.1) is 5.92 Å². The quantitative estimate of drug-likeness (QED) is 0.722. The van der Waals surface area contributed by atoms with Gasteiger partial charge in [0, 0.05) is 0 Å². The Hall–Kier alpha value is -1.70. The zero-order valence-electron chi connectivity index (χ0n) is 10.3. The van der Waals surface area contributed by atoms with E-state index in [0.717, 1.165) is 11.5 Å².